The van der Waals surface area contributed by atoms with Crippen molar-refractivity contribution in [2.24, 2.45) is 11.1 Å². The molecule has 0 aliphatic heterocycles. The molecule has 0 amide bonds. The van der Waals surface area contributed by atoms with Crippen LogP contribution in [-0.2, 0) is 9.47 Å². The zero-order valence-corrected chi connectivity index (χ0v) is 11.6. The molecule has 0 aromatic carbocycles. The third-order valence-corrected chi connectivity index (χ3v) is 2.46. The van der Waals surface area contributed by atoms with Crippen LogP contribution in [0.15, 0.2) is 0 Å². The van der Waals surface area contributed by atoms with Crippen molar-refractivity contribution in [1.29, 1.82) is 0 Å². The van der Waals surface area contributed by atoms with Gasteiger partial charge in [-0.2, -0.15) is 0 Å². The first-order valence-electron chi connectivity index (χ1n) is 6.19. The van der Waals surface area contributed by atoms with Crippen molar-refractivity contribution in [2.45, 2.75) is 53.1 Å². The summed E-state index contributed by atoms with van der Waals surface area (Å²) in [7, 11) is 0. The second-order valence-corrected chi connectivity index (χ2v) is 6.07. The monoisotopic (exact) mass is 231 g/mol. The number of ether oxygens (including phenoxy) is 2. The molecule has 0 bridgehead atoms. The summed E-state index contributed by atoms with van der Waals surface area (Å²) in [6.07, 6.45) is 1.97. The Kier molecular flexibility index (Phi) is 7.20. The number of rotatable bonds is 8. The Labute approximate surface area is 101 Å². The number of hydrogen-bond acceptors (Lipinski definition) is 3. The standard InChI is InChI=1S/C13H29NO2/c1-12(2,3)7-9-15-10-11-16-13(4,5)6-8-14/h6-11,14H2,1-5H3. The zero-order valence-electron chi connectivity index (χ0n) is 11.6. The number of hydrogen-bond donors (Lipinski definition) is 1. The van der Waals surface area contributed by atoms with Gasteiger partial charge in [0.2, 0.25) is 0 Å². The molecule has 0 spiro atoms. The average molecular weight is 231 g/mol. The Morgan fingerprint density at radius 1 is 0.875 bits per heavy atom. The van der Waals surface area contributed by atoms with Crippen LogP contribution in [0.25, 0.3) is 0 Å². The van der Waals surface area contributed by atoms with Gasteiger partial charge in [-0.15, -0.1) is 0 Å². The third kappa shape index (κ3) is 10.4. The summed E-state index contributed by atoms with van der Waals surface area (Å²) >= 11 is 0. The maximum Gasteiger partial charge on any atom is 0.0707 e. The molecule has 3 heteroatoms. The minimum absolute atomic E-state index is 0.123. The molecule has 0 fully saturated rings. The van der Waals surface area contributed by atoms with Crippen LogP contribution >= 0.6 is 0 Å². The van der Waals surface area contributed by atoms with E-state index in [1.54, 1.807) is 0 Å². The summed E-state index contributed by atoms with van der Waals surface area (Å²) < 4.78 is 11.2. The van der Waals surface area contributed by atoms with E-state index in [1.165, 1.54) is 0 Å². The normalized spacial score (nSPS) is 13.1. The van der Waals surface area contributed by atoms with E-state index in [9.17, 15) is 0 Å². The molecule has 0 unspecified atom stereocenters. The molecule has 98 valence electrons. The molecule has 0 radical (unpaired) electrons. The fourth-order valence-electron chi connectivity index (χ4n) is 1.28. The summed E-state index contributed by atoms with van der Waals surface area (Å²) in [4.78, 5) is 0. The minimum Gasteiger partial charge on any atom is -0.379 e. The molecular formula is C13H29NO2. The second-order valence-electron chi connectivity index (χ2n) is 6.07. The maximum atomic E-state index is 5.70. The van der Waals surface area contributed by atoms with Gasteiger partial charge in [0.1, 0.15) is 0 Å². The Hall–Kier alpha value is -0.120. The highest BCUT2D eigenvalue weighted by atomic mass is 16.5. The highest BCUT2D eigenvalue weighted by Crippen LogP contribution is 2.18. The first kappa shape index (κ1) is 15.9. The van der Waals surface area contributed by atoms with Crippen LogP contribution in [0.5, 0.6) is 0 Å². The fraction of sp³-hybridized carbons (Fsp3) is 1.00. The van der Waals surface area contributed by atoms with E-state index in [1.807, 2.05) is 0 Å². The second kappa shape index (κ2) is 7.25. The summed E-state index contributed by atoms with van der Waals surface area (Å²) in [6, 6.07) is 0. The van der Waals surface area contributed by atoms with E-state index in [0.717, 1.165) is 19.4 Å². The van der Waals surface area contributed by atoms with E-state index in [2.05, 4.69) is 34.6 Å². The van der Waals surface area contributed by atoms with Crippen LogP contribution in [0.1, 0.15) is 47.5 Å². The lowest BCUT2D eigenvalue weighted by atomic mass is 9.93. The summed E-state index contributed by atoms with van der Waals surface area (Å²) in [5, 5.41) is 0. The van der Waals surface area contributed by atoms with E-state index >= 15 is 0 Å². The lowest BCUT2D eigenvalue weighted by Gasteiger charge is -2.24. The van der Waals surface area contributed by atoms with Crippen molar-refractivity contribution >= 4 is 0 Å². The quantitative estimate of drug-likeness (QED) is 0.653. The summed E-state index contributed by atoms with van der Waals surface area (Å²) in [5.41, 5.74) is 5.73. The van der Waals surface area contributed by atoms with Gasteiger partial charge in [-0.3, -0.25) is 0 Å². The Morgan fingerprint density at radius 3 is 2.00 bits per heavy atom. The molecule has 0 saturated carbocycles. The molecule has 0 aromatic heterocycles. The van der Waals surface area contributed by atoms with Gasteiger partial charge < -0.3 is 15.2 Å². The Balaban J connectivity index is 3.40. The van der Waals surface area contributed by atoms with Crippen molar-refractivity contribution in [3.63, 3.8) is 0 Å². The predicted octanol–water partition coefficient (Wildman–Crippen LogP) is 2.58. The van der Waals surface area contributed by atoms with Gasteiger partial charge in [0, 0.05) is 6.61 Å². The highest BCUT2D eigenvalue weighted by molar-refractivity contribution is 4.68. The molecule has 3 nitrogen and oxygen atoms in total. The maximum absolute atomic E-state index is 5.70. The molecule has 0 aromatic rings. The first-order chi connectivity index (χ1) is 7.27. The summed E-state index contributed by atoms with van der Waals surface area (Å²) in [6.45, 7) is 13.6. The molecule has 2 N–H and O–H groups in total. The van der Waals surface area contributed by atoms with E-state index in [4.69, 9.17) is 15.2 Å². The van der Waals surface area contributed by atoms with Crippen molar-refractivity contribution < 1.29 is 9.47 Å². The molecular weight excluding hydrogens is 202 g/mol. The van der Waals surface area contributed by atoms with Gasteiger partial charge in [0.25, 0.3) is 0 Å². The number of nitrogens with two attached hydrogens (primary N) is 1. The van der Waals surface area contributed by atoms with Gasteiger partial charge >= 0.3 is 0 Å². The van der Waals surface area contributed by atoms with Crippen LogP contribution in [0, 0.1) is 5.41 Å². The van der Waals surface area contributed by atoms with Crippen molar-refractivity contribution in [2.75, 3.05) is 26.4 Å². The van der Waals surface area contributed by atoms with E-state index in [-0.39, 0.29) is 5.60 Å². The van der Waals surface area contributed by atoms with Crippen molar-refractivity contribution in [3.8, 4) is 0 Å². The smallest absolute Gasteiger partial charge is 0.0707 e. The van der Waals surface area contributed by atoms with E-state index < -0.39 is 0 Å². The molecule has 0 atom stereocenters. The van der Waals surface area contributed by atoms with Gasteiger partial charge in [-0.25, -0.2) is 0 Å². The van der Waals surface area contributed by atoms with Gasteiger partial charge in [0.05, 0.1) is 18.8 Å². The molecule has 0 saturated heterocycles. The largest absolute Gasteiger partial charge is 0.379 e. The molecule has 0 heterocycles. The van der Waals surface area contributed by atoms with Crippen LogP contribution in [-0.4, -0.2) is 32.0 Å². The molecule has 0 rings (SSSR count). The topological polar surface area (TPSA) is 44.5 Å². The average Bonchev–Trinajstić information content (AvgIpc) is 2.09. The minimum atomic E-state index is -0.123. The van der Waals surface area contributed by atoms with Crippen LogP contribution in [0.3, 0.4) is 0 Å². The molecule has 0 aliphatic rings. The SMILES string of the molecule is CC(C)(C)CCOCCOC(C)(C)CCN. The zero-order chi connectivity index (χ0) is 12.7. The predicted molar refractivity (Wildman–Crippen MR) is 68.6 cm³/mol. The van der Waals surface area contributed by atoms with E-state index in [0.29, 0.717) is 25.2 Å². The fourth-order valence-corrected chi connectivity index (χ4v) is 1.28. The Bertz CT molecular complexity index is 173. The Morgan fingerprint density at radius 2 is 1.50 bits per heavy atom. The lowest BCUT2D eigenvalue weighted by molar-refractivity contribution is -0.0506. The molecule has 0 aliphatic carbocycles. The van der Waals surface area contributed by atoms with Crippen molar-refractivity contribution in [1.82, 2.24) is 0 Å². The summed E-state index contributed by atoms with van der Waals surface area (Å²) in [5.74, 6) is 0. The van der Waals surface area contributed by atoms with Crippen LogP contribution < -0.4 is 5.73 Å². The van der Waals surface area contributed by atoms with Gasteiger partial charge in [-0.1, -0.05) is 20.8 Å². The van der Waals surface area contributed by atoms with Crippen LogP contribution in [0.4, 0.5) is 0 Å². The highest BCUT2D eigenvalue weighted by Gasteiger charge is 2.16. The third-order valence-electron chi connectivity index (χ3n) is 2.46. The van der Waals surface area contributed by atoms with Gasteiger partial charge in [-0.05, 0) is 38.6 Å². The lowest BCUT2D eigenvalue weighted by Crippen LogP contribution is -2.29. The van der Waals surface area contributed by atoms with Gasteiger partial charge in [0.15, 0.2) is 0 Å². The van der Waals surface area contributed by atoms with Crippen molar-refractivity contribution in [3.05, 3.63) is 0 Å². The molecule has 16 heavy (non-hydrogen) atoms. The van der Waals surface area contributed by atoms with Crippen LogP contribution in [0.2, 0.25) is 0 Å². The first-order valence-corrected chi connectivity index (χ1v) is 6.19.